The van der Waals surface area contributed by atoms with E-state index in [0.29, 0.717) is 0 Å². The van der Waals surface area contributed by atoms with Crippen LogP contribution in [0.15, 0.2) is 21.3 Å². The Balaban J connectivity index is 1.73. The quantitative estimate of drug-likeness (QED) is 0.303. The van der Waals surface area contributed by atoms with Crippen LogP contribution in [0.1, 0.15) is 36.4 Å². The number of ether oxygens (including phenoxy) is 2. The molecule has 1 aliphatic heterocycles. The van der Waals surface area contributed by atoms with Crippen molar-refractivity contribution in [2.24, 2.45) is 0 Å². The molecule has 2 aliphatic rings. The van der Waals surface area contributed by atoms with Gasteiger partial charge in [-0.15, -0.1) is 0 Å². The smallest absolute Gasteiger partial charge is 0.229 e. The zero-order valence-corrected chi connectivity index (χ0v) is 15.6. The molecule has 11 nitrogen and oxygen atoms in total. The third kappa shape index (κ3) is 3.34. The number of phenols is 1. The van der Waals surface area contributed by atoms with Gasteiger partial charge < -0.3 is 49.6 Å². The van der Waals surface area contributed by atoms with Gasteiger partial charge in [0.15, 0.2) is 0 Å². The summed E-state index contributed by atoms with van der Waals surface area (Å²) in [5.74, 6) is -0.746. The molecule has 164 valence electrons. The van der Waals surface area contributed by atoms with Gasteiger partial charge in [0, 0.05) is 12.1 Å². The number of rotatable bonds is 3. The molecule has 2 heterocycles. The first-order chi connectivity index (χ1) is 14.2. The maximum absolute atomic E-state index is 12.8. The van der Waals surface area contributed by atoms with Crippen LogP contribution < -0.4 is 10.2 Å². The predicted octanol–water partition coefficient (Wildman–Crippen LogP) is -1.46. The van der Waals surface area contributed by atoms with E-state index >= 15 is 0 Å². The number of fused-ring (bicyclic) bond motifs is 2. The zero-order chi connectivity index (χ0) is 21.7. The fraction of sp³-hybridized carbons (Fsp3) is 0.526. The summed E-state index contributed by atoms with van der Waals surface area (Å²) < 4.78 is 16.3. The summed E-state index contributed by atoms with van der Waals surface area (Å²) in [4.78, 5) is 12.8. The molecule has 0 spiro atoms. The van der Waals surface area contributed by atoms with Gasteiger partial charge >= 0.3 is 0 Å². The third-order valence-corrected chi connectivity index (χ3v) is 5.46. The molecule has 0 radical (unpaired) electrons. The minimum Gasteiger partial charge on any atom is -0.507 e. The minimum atomic E-state index is -1.67. The monoisotopic (exact) mass is 426 g/mol. The summed E-state index contributed by atoms with van der Waals surface area (Å²) in [5.41, 5.74) is -0.931. The van der Waals surface area contributed by atoms with E-state index in [9.17, 15) is 40.5 Å². The molecular weight excluding hydrogens is 404 g/mol. The van der Waals surface area contributed by atoms with E-state index in [4.69, 9.17) is 13.9 Å². The second-order valence-electron chi connectivity index (χ2n) is 7.45. The van der Waals surface area contributed by atoms with Crippen molar-refractivity contribution in [3.8, 4) is 11.5 Å². The second kappa shape index (κ2) is 7.78. The lowest BCUT2D eigenvalue weighted by molar-refractivity contribution is -0.277. The zero-order valence-electron chi connectivity index (χ0n) is 15.6. The first kappa shape index (κ1) is 21.0. The van der Waals surface area contributed by atoms with Crippen LogP contribution in [0, 0.1) is 0 Å². The molecule has 30 heavy (non-hydrogen) atoms. The second-order valence-corrected chi connectivity index (χ2v) is 7.45. The highest BCUT2D eigenvalue weighted by atomic mass is 16.7. The van der Waals surface area contributed by atoms with Gasteiger partial charge in [0.25, 0.3) is 0 Å². The Morgan fingerprint density at radius 1 is 1.00 bits per heavy atom. The summed E-state index contributed by atoms with van der Waals surface area (Å²) in [6.45, 7) is -0.644. The van der Waals surface area contributed by atoms with Crippen molar-refractivity contribution >= 4 is 11.0 Å². The highest BCUT2D eigenvalue weighted by molar-refractivity contribution is 5.85. The molecule has 0 bridgehead atoms. The van der Waals surface area contributed by atoms with E-state index in [-0.39, 0.29) is 40.9 Å². The van der Waals surface area contributed by atoms with E-state index in [1.807, 2.05) is 0 Å². The largest absolute Gasteiger partial charge is 0.507 e. The van der Waals surface area contributed by atoms with Crippen molar-refractivity contribution < 1.29 is 49.6 Å². The van der Waals surface area contributed by atoms with Crippen LogP contribution in [0.4, 0.5) is 0 Å². The normalized spacial score (nSPS) is 34.0. The molecule has 1 aromatic carbocycles. The maximum atomic E-state index is 12.8. The molecule has 11 heteroatoms. The SMILES string of the molecule is O=c1c2c(oc3cc(O[C@@H]4O[C@H](CO)[C@@H](O)[C@H](O)[C@H]4O)cc(O)c13)[C@@H](O)CC[C@H]2O. The van der Waals surface area contributed by atoms with Gasteiger partial charge in [-0.2, -0.15) is 0 Å². The topological polar surface area (TPSA) is 190 Å². The first-order valence-electron chi connectivity index (χ1n) is 9.39. The summed E-state index contributed by atoms with van der Waals surface area (Å²) in [5, 5.41) is 69.4. The van der Waals surface area contributed by atoms with Crippen LogP contribution in [0.25, 0.3) is 11.0 Å². The molecule has 0 unspecified atom stereocenters. The molecule has 0 amide bonds. The Morgan fingerprint density at radius 3 is 2.40 bits per heavy atom. The molecule has 1 aromatic heterocycles. The molecule has 1 aliphatic carbocycles. The minimum absolute atomic E-state index is 0.101. The van der Waals surface area contributed by atoms with Crippen LogP contribution in [-0.4, -0.2) is 73.1 Å². The fourth-order valence-corrected chi connectivity index (χ4v) is 3.83. The average Bonchev–Trinajstić information content (AvgIpc) is 2.70. The van der Waals surface area contributed by atoms with Crippen LogP contribution in [0.2, 0.25) is 0 Å². The molecule has 2 aromatic rings. The lowest BCUT2D eigenvalue weighted by atomic mass is 9.91. The number of benzene rings is 1. The Bertz CT molecular complexity index is 1000. The predicted molar refractivity (Wildman–Crippen MR) is 97.7 cm³/mol. The highest BCUT2D eigenvalue weighted by Gasteiger charge is 2.44. The van der Waals surface area contributed by atoms with E-state index in [2.05, 4.69) is 0 Å². The van der Waals surface area contributed by atoms with Gasteiger partial charge in [-0.3, -0.25) is 4.79 Å². The van der Waals surface area contributed by atoms with E-state index in [0.717, 1.165) is 6.07 Å². The van der Waals surface area contributed by atoms with Gasteiger partial charge in [0.05, 0.1) is 18.3 Å². The fourth-order valence-electron chi connectivity index (χ4n) is 3.83. The van der Waals surface area contributed by atoms with Crippen molar-refractivity contribution in [1.29, 1.82) is 0 Å². The molecule has 0 saturated carbocycles. The number of hydrogen-bond acceptors (Lipinski definition) is 11. The molecule has 4 rings (SSSR count). The number of aromatic hydroxyl groups is 1. The molecule has 1 saturated heterocycles. The van der Waals surface area contributed by atoms with E-state index in [1.54, 1.807) is 0 Å². The average molecular weight is 426 g/mol. The summed E-state index contributed by atoms with van der Waals surface area (Å²) in [7, 11) is 0. The van der Waals surface area contributed by atoms with Crippen molar-refractivity contribution in [3.63, 3.8) is 0 Å². The Hall–Kier alpha value is -2.25. The van der Waals surface area contributed by atoms with Crippen LogP contribution in [-0.2, 0) is 4.74 Å². The number of aliphatic hydroxyl groups is 6. The third-order valence-electron chi connectivity index (χ3n) is 5.46. The summed E-state index contributed by atoms with van der Waals surface area (Å²) in [6, 6.07) is 2.27. The van der Waals surface area contributed by atoms with Crippen LogP contribution in [0.3, 0.4) is 0 Å². The Morgan fingerprint density at radius 2 is 1.70 bits per heavy atom. The summed E-state index contributed by atoms with van der Waals surface area (Å²) >= 11 is 0. The Kier molecular flexibility index (Phi) is 5.45. The van der Waals surface area contributed by atoms with Gasteiger partial charge in [-0.1, -0.05) is 0 Å². The molecular formula is C19H22O11. The van der Waals surface area contributed by atoms with Crippen LogP contribution >= 0.6 is 0 Å². The standard InChI is InChI=1S/C19H22O11/c20-5-11-14(24)16(26)17(27)19(30-11)28-6-3-9(23)12-10(4-6)29-18-8(22)2-1-7(21)13(18)15(12)25/h3-4,7-8,11,14,16-17,19-24,26-27H,1-2,5H2/t7-,8+,11-,14-,16+,17-,19-/m1/s1. The Labute approximate surface area is 169 Å². The number of phenolic OH excluding ortho intramolecular Hbond substituents is 1. The van der Waals surface area contributed by atoms with Gasteiger partial charge in [0.1, 0.15) is 58.7 Å². The van der Waals surface area contributed by atoms with Gasteiger partial charge in [-0.05, 0) is 12.8 Å². The van der Waals surface area contributed by atoms with Crippen molar-refractivity contribution in [2.45, 2.75) is 55.8 Å². The van der Waals surface area contributed by atoms with E-state index < -0.39 is 60.7 Å². The maximum Gasteiger partial charge on any atom is 0.229 e. The number of aliphatic hydroxyl groups excluding tert-OH is 6. The van der Waals surface area contributed by atoms with Gasteiger partial charge in [0.2, 0.25) is 11.7 Å². The lowest BCUT2D eigenvalue weighted by Crippen LogP contribution is -2.60. The lowest BCUT2D eigenvalue weighted by Gasteiger charge is -2.39. The summed E-state index contributed by atoms with van der Waals surface area (Å²) in [6.07, 6.45) is -9.46. The van der Waals surface area contributed by atoms with Crippen molar-refractivity contribution in [1.82, 2.24) is 0 Å². The van der Waals surface area contributed by atoms with Crippen molar-refractivity contribution in [2.75, 3.05) is 6.61 Å². The van der Waals surface area contributed by atoms with Gasteiger partial charge in [-0.25, -0.2) is 0 Å². The highest BCUT2D eigenvalue weighted by Crippen LogP contribution is 2.38. The van der Waals surface area contributed by atoms with Crippen molar-refractivity contribution in [3.05, 3.63) is 33.7 Å². The van der Waals surface area contributed by atoms with E-state index in [1.165, 1.54) is 6.07 Å². The first-order valence-corrected chi connectivity index (χ1v) is 9.39. The number of hydrogen-bond donors (Lipinski definition) is 7. The molecule has 7 atom stereocenters. The van der Waals surface area contributed by atoms with Crippen LogP contribution in [0.5, 0.6) is 11.5 Å². The molecule has 7 N–H and O–H groups in total. The molecule has 1 fully saturated rings.